The SMILES string of the molecule is CCOC1CN2CCCS2(CSOC)C1. The Labute approximate surface area is 98.5 Å². The van der Waals surface area contributed by atoms with Crippen molar-refractivity contribution in [3.05, 3.63) is 0 Å². The van der Waals surface area contributed by atoms with E-state index in [-0.39, 0.29) is 0 Å². The molecule has 0 bridgehead atoms. The molecule has 0 aromatic rings. The predicted octanol–water partition coefficient (Wildman–Crippen LogP) is 2.08. The van der Waals surface area contributed by atoms with Crippen LogP contribution in [0.1, 0.15) is 13.3 Å². The van der Waals surface area contributed by atoms with Gasteiger partial charge in [0.25, 0.3) is 0 Å². The van der Waals surface area contributed by atoms with Gasteiger partial charge in [0, 0.05) is 37.5 Å². The van der Waals surface area contributed by atoms with Gasteiger partial charge in [-0.1, -0.05) is 0 Å². The fourth-order valence-electron chi connectivity index (χ4n) is 2.55. The van der Waals surface area contributed by atoms with E-state index in [9.17, 15) is 0 Å². The summed E-state index contributed by atoms with van der Waals surface area (Å²) in [6.45, 7) is 5.39. The Hall–Kier alpha value is 0.580. The van der Waals surface area contributed by atoms with Crippen LogP contribution >= 0.6 is 22.3 Å². The van der Waals surface area contributed by atoms with E-state index in [1.807, 2.05) is 0 Å². The van der Waals surface area contributed by atoms with E-state index in [0.29, 0.717) is 6.10 Å². The van der Waals surface area contributed by atoms with E-state index in [2.05, 4.69) is 11.2 Å². The molecule has 5 heteroatoms. The third-order valence-corrected chi connectivity index (χ3v) is 9.01. The smallest absolute Gasteiger partial charge is 0.0797 e. The van der Waals surface area contributed by atoms with Gasteiger partial charge in [0.05, 0.1) is 18.3 Å². The van der Waals surface area contributed by atoms with Crippen LogP contribution in [0.2, 0.25) is 0 Å². The molecule has 90 valence electrons. The van der Waals surface area contributed by atoms with Crippen molar-refractivity contribution in [3.63, 3.8) is 0 Å². The van der Waals surface area contributed by atoms with Crippen LogP contribution in [0.5, 0.6) is 0 Å². The van der Waals surface area contributed by atoms with E-state index in [0.717, 1.165) is 13.2 Å². The molecule has 15 heavy (non-hydrogen) atoms. The second-order valence-electron chi connectivity index (χ2n) is 4.09. The van der Waals surface area contributed by atoms with Crippen LogP contribution < -0.4 is 0 Å². The maximum absolute atomic E-state index is 5.77. The number of fused-ring (bicyclic) bond motifs is 1. The molecular formula is C10H21NO2S2. The average Bonchev–Trinajstić information content (AvgIpc) is 2.72. The van der Waals surface area contributed by atoms with Gasteiger partial charge in [-0.25, -0.2) is 0 Å². The van der Waals surface area contributed by atoms with Gasteiger partial charge in [-0.15, -0.1) is 0 Å². The fraction of sp³-hybridized carbons (Fsp3) is 1.00. The molecule has 2 saturated heterocycles. The molecule has 0 saturated carbocycles. The minimum atomic E-state index is -0.554. The highest BCUT2D eigenvalue weighted by Crippen LogP contribution is 2.61. The molecule has 2 unspecified atom stereocenters. The summed E-state index contributed by atoms with van der Waals surface area (Å²) < 4.78 is 13.6. The van der Waals surface area contributed by atoms with Crippen molar-refractivity contribution in [3.8, 4) is 0 Å². The summed E-state index contributed by atoms with van der Waals surface area (Å²) in [5.74, 6) is 2.67. The van der Waals surface area contributed by atoms with Gasteiger partial charge in [0.1, 0.15) is 0 Å². The average molecular weight is 251 g/mol. The normalized spacial score (nSPS) is 40.3. The maximum atomic E-state index is 5.77. The third-order valence-electron chi connectivity index (χ3n) is 3.17. The minimum absolute atomic E-state index is 0.489. The van der Waals surface area contributed by atoms with Crippen LogP contribution in [0.4, 0.5) is 0 Å². The Kier molecular flexibility index (Phi) is 4.24. The van der Waals surface area contributed by atoms with Crippen LogP contribution in [0, 0.1) is 0 Å². The molecular weight excluding hydrogens is 230 g/mol. The molecule has 0 aliphatic carbocycles. The highest BCUT2D eigenvalue weighted by atomic mass is 32.3. The Balaban J connectivity index is 1.95. The van der Waals surface area contributed by atoms with Gasteiger partial charge < -0.3 is 8.92 Å². The van der Waals surface area contributed by atoms with E-state index in [1.165, 1.54) is 29.6 Å². The Morgan fingerprint density at radius 1 is 1.53 bits per heavy atom. The van der Waals surface area contributed by atoms with Crippen molar-refractivity contribution in [2.75, 3.05) is 43.4 Å². The van der Waals surface area contributed by atoms with Crippen molar-refractivity contribution in [2.24, 2.45) is 0 Å². The van der Waals surface area contributed by atoms with Gasteiger partial charge in [-0.2, -0.15) is 10.2 Å². The molecule has 2 rings (SSSR count). The van der Waals surface area contributed by atoms with Crippen molar-refractivity contribution >= 4 is 22.3 Å². The summed E-state index contributed by atoms with van der Waals surface area (Å²) in [6, 6.07) is 0. The monoisotopic (exact) mass is 251 g/mol. The van der Waals surface area contributed by atoms with Gasteiger partial charge in [0.15, 0.2) is 0 Å². The largest absolute Gasteiger partial charge is 0.376 e. The zero-order chi connectivity index (χ0) is 10.7. The Morgan fingerprint density at radius 3 is 3.13 bits per heavy atom. The van der Waals surface area contributed by atoms with Crippen molar-refractivity contribution < 1.29 is 8.92 Å². The van der Waals surface area contributed by atoms with E-state index in [4.69, 9.17) is 8.92 Å². The van der Waals surface area contributed by atoms with Crippen LogP contribution in [-0.4, -0.2) is 53.8 Å². The molecule has 2 heterocycles. The molecule has 0 amide bonds. The van der Waals surface area contributed by atoms with Crippen LogP contribution in [0.15, 0.2) is 0 Å². The summed E-state index contributed by atoms with van der Waals surface area (Å²) in [5, 5.41) is 1.17. The zero-order valence-electron chi connectivity index (χ0n) is 9.61. The van der Waals surface area contributed by atoms with Gasteiger partial charge >= 0.3 is 0 Å². The fourth-order valence-corrected chi connectivity index (χ4v) is 8.30. The van der Waals surface area contributed by atoms with Gasteiger partial charge in [-0.05, 0) is 19.1 Å². The number of rotatable bonds is 5. The molecule has 3 nitrogen and oxygen atoms in total. The first-order valence-corrected chi connectivity index (χ1v) is 8.60. The highest BCUT2D eigenvalue weighted by Gasteiger charge is 2.44. The molecule has 2 atom stereocenters. The summed E-state index contributed by atoms with van der Waals surface area (Å²) in [7, 11) is 1.22. The van der Waals surface area contributed by atoms with Crippen molar-refractivity contribution in [1.82, 2.24) is 4.31 Å². The molecule has 0 spiro atoms. The first-order chi connectivity index (χ1) is 7.30. The summed E-state index contributed by atoms with van der Waals surface area (Å²) in [4.78, 5) is 0. The number of ether oxygens (including phenoxy) is 1. The minimum Gasteiger partial charge on any atom is -0.376 e. The number of hydrogen-bond acceptors (Lipinski definition) is 4. The summed E-state index contributed by atoms with van der Waals surface area (Å²) in [5.41, 5.74) is 0. The third kappa shape index (κ3) is 2.47. The van der Waals surface area contributed by atoms with Crippen LogP contribution in [-0.2, 0) is 8.92 Å². The zero-order valence-corrected chi connectivity index (χ0v) is 11.2. The molecule has 2 aliphatic heterocycles. The van der Waals surface area contributed by atoms with Crippen LogP contribution in [0.25, 0.3) is 0 Å². The lowest BCUT2D eigenvalue weighted by Gasteiger charge is -2.36. The Morgan fingerprint density at radius 2 is 2.40 bits per heavy atom. The van der Waals surface area contributed by atoms with E-state index < -0.39 is 10.2 Å². The quantitative estimate of drug-likeness (QED) is 0.697. The lowest BCUT2D eigenvalue weighted by molar-refractivity contribution is 0.0761. The predicted molar refractivity (Wildman–Crippen MR) is 68.4 cm³/mol. The maximum Gasteiger partial charge on any atom is 0.0797 e. The molecule has 0 radical (unpaired) electrons. The second-order valence-corrected chi connectivity index (χ2v) is 8.86. The Bertz CT molecular complexity index is 218. The van der Waals surface area contributed by atoms with Gasteiger partial charge in [0.2, 0.25) is 0 Å². The lowest BCUT2D eigenvalue weighted by Crippen LogP contribution is -2.22. The molecule has 2 aliphatic rings. The molecule has 2 fully saturated rings. The topological polar surface area (TPSA) is 21.7 Å². The first kappa shape index (κ1) is 12.0. The second kappa shape index (κ2) is 5.27. The van der Waals surface area contributed by atoms with Gasteiger partial charge in [-0.3, -0.25) is 4.31 Å². The van der Waals surface area contributed by atoms with E-state index in [1.54, 1.807) is 19.2 Å². The number of hydrogen-bond donors (Lipinski definition) is 0. The first-order valence-electron chi connectivity index (χ1n) is 5.59. The van der Waals surface area contributed by atoms with Crippen molar-refractivity contribution in [2.45, 2.75) is 19.4 Å². The molecule has 0 N–H and O–H groups in total. The highest BCUT2D eigenvalue weighted by molar-refractivity contribution is 8.37. The standard InChI is InChI=1S/C10H21NO2S2/c1-3-13-10-7-11-5-4-6-15(11,8-10)9-14-12-2/h10H,3-9H2,1-2H3. The van der Waals surface area contributed by atoms with Crippen molar-refractivity contribution in [1.29, 1.82) is 0 Å². The summed E-state index contributed by atoms with van der Waals surface area (Å²) in [6.07, 6.45) is 1.86. The van der Waals surface area contributed by atoms with E-state index >= 15 is 0 Å². The number of nitrogens with zero attached hydrogens (tertiary/aromatic N) is 1. The molecule has 0 aromatic carbocycles. The molecule has 0 aromatic heterocycles. The lowest BCUT2D eigenvalue weighted by atomic mass is 10.4. The summed E-state index contributed by atoms with van der Waals surface area (Å²) >= 11 is 1.63. The van der Waals surface area contributed by atoms with Crippen LogP contribution in [0.3, 0.4) is 0 Å².